The third-order valence-corrected chi connectivity index (χ3v) is 6.48. The van der Waals surface area contributed by atoms with Crippen LogP contribution in [0.2, 0.25) is 5.02 Å². The molecule has 1 N–H and O–H groups in total. The van der Waals surface area contributed by atoms with Gasteiger partial charge in [0.05, 0.1) is 17.9 Å². The highest BCUT2D eigenvalue weighted by Gasteiger charge is 2.46. The SMILES string of the molecule is C[C@H]1Cc2cc(/C(O)=C3\C(=O)C(=O)N(CCCn4ccnc4)[C@H]3c3cccc(Cl)c3)ccc2O1. The van der Waals surface area contributed by atoms with E-state index in [-0.39, 0.29) is 17.4 Å². The van der Waals surface area contributed by atoms with Crippen molar-refractivity contribution in [3.63, 3.8) is 0 Å². The molecule has 0 unspecified atom stereocenters. The molecule has 0 bridgehead atoms. The van der Waals surface area contributed by atoms with Crippen molar-refractivity contribution in [2.24, 2.45) is 0 Å². The van der Waals surface area contributed by atoms with E-state index in [2.05, 4.69) is 4.98 Å². The number of amides is 1. The second-order valence-corrected chi connectivity index (χ2v) is 9.09. The van der Waals surface area contributed by atoms with Gasteiger partial charge in [0.25, 0.3) is 11.7 Å². The summed E-state index contributed by atoms with van der Waals surface area (Å²) < 4.78 is 7.67. The van der Waals surface area contributed by atoms with Crippen molar-refractivity contribution in [1.29, 1.82) is 0 Å². The van der Waals surface area contributed by atoms with E-state index >= 15 is 0 Å². The Labute approximate surface area is 202 Å². The van der Waals surface area contributed by atoms with E-state index in [1.165, 1.54) is 4.90 Å². The van der Waals surface area contributed by atoms with Gasteiger partial charge in [0.2, 0.25) is 0 Å². The summed E-state index contributed by atoms with van der Waals surface area (Å²) in [4.78, 5) is 31.9. The van der Waals surface area contributed by atoms with Crippen molar-refractivity contribution >= 4 is 29.1 Å². The Bertz CT molecular complexity index is 1280. The van der Waals surface area contributed by atoms with E-state index in [9.17, 15) is 14.7 Å². The van der Waals surface area contributed by atoms with Crippen LogP contribution in [0.1, 0.15) is 36.1 Å². The first kappa shape index (κ1) is 22.2. The van der Waals surface area contributed by atoms with Crippen LogP contribution in [0, 0.1) is 0 Å². The predicted octanol–water partition coefficient (Wildman–Crippen LogP) is 4.37. The van der Waals surface area contributed by atoms with Gasteiger partial charge in [-0.2, -0.15) is 0 Å². The highest BCUT2D eigenvalue weighted by atomic mass is 35.5. The molecule has 0 spiro atoms. The molecule has 2 aromatic carbocycles. The minimum absolute atomic E-state index is 0.0555. The number of nitrogens with zero attached hydrogens (tertiary/aromatic N) is 3. The Morgan fingerprint density at radius 2 is 2.06 bits per heavy atom. The zero-order valence-corrected chi connectivity index (χ0v) is 19.4. The first-order valence-electron chi connectivity index (χ1n) is 11.2. The van der Waals surface area contributed by atoms with Crippen molar-refractivity contribution in [2.45, 2.75) is 38.5 Å². The van der Waals surface area contributed by atoms with Gasteiger partial charge in [0, 0.05) is 42.5 Å². The summed E-state index contributed by atoms with van der Waals surface area (Å²) in [7, 11) is 0. The maximum Gasteiger partial charge on any atom is 0.295 e. The molecular weight excluding hydrogens is 454 g/mol. The van der Waals surface area contributed by atoms with Crippen molar-refractivity contribution in [1.82, 2.24) is 14.5 Å². The smallest absolute Gasteiger partial charge is 0.295 e. The molecule has 1 aromatic heterocycles. The van der Waals surface area contributed by atoms with E-state index < -0.39 is 17.7 Å². The standard InChI is InChI=1S/C26H24ClN3O4/c1-16-12-19-13-18(6-7-21(19)34-16)24(31)22-23(17-4-2-5-20(27)14-17)30(26(33)25(22)32)10-3-9-29-11-8-28-15-29/h2,4-8,11,13-16,23,31H,3,9-10,12H2,1H3/b24-22+/t16-,23-/m0/s1. The number of carbonyl (C=O) groups excluding carboxylic acids is 2. The van der Waals surface area contributed by atoms with Crippen LogP contribution in [0.15, 0.2) is 66.8 Å². The number of ether oxygens (including phenoxy) is 1. The largest absolute Gasteiger partial charge is 0.507 e. The number of imidazole rings is 1. The molecule has 3 heterocycles. The number of hydrogen-bond acceptors (Lipinski definition) is 5. The van der Waals surface area contributed by atoms with E-state index in [0.29, 0.717) is 35.7 Å². The van der Waals surface area contributed by atoms with E-state index in [0.717, 1.165) is 17.7 Å². The topological polar surface area (TPSA) is 84.7 Å². The predicted molar refractivity (Wildman–Crippen MR) is 128 cm³/mol. The Kier molecular flexibility index (Phi) is 5.87. The summed E-state index contributed by atoms with van der Waals surface area (Å²) in [5, 5.41) is 11.8. The second-order valence-electron chi connectivity index (χ2n) is 8.66. The molecule has 1 saturated heterocycles. The molecule has 2 aliphatic rings. The molecule has 2 aliphatic heterocycles. The summed E-state index contributed by atoms with van der Waals surface area (Å²) in [6, 6.07) is 11.7. The van der Waals surface area contributed by atoms with Gasteiger partial charge in [0.15, 0.2) is 0 Å². The molecule has 3 aromatic rings. The number of fused-ring (bicyclic) bond motifs is 1. The Hall–Kier alpha value is -3.58. The number of Topliss-reactive ketones (excluding diaryl/α,β-unsaturated/α-hetero) is 1. The van der Waals surface area contributed by atoms with Crippen molar-refractivity contribution < 1.29 is 19.4 Å². The highest BCUT2D eigenvalue weighted by Crippen LogP contribution is 2.41. The van der Waals surface area contributed by atoms with Crippen LogP contribution in [-0.4, -0.2) is 43.9 Å². The van der Waals surface area contributed by atoms with Crippen molar-refractivity contribution in [2.75, 3.05) is 6.54 Å². The molecule has 0 aliphatic carbocycles. The third kappa shape index (κ3) is 4.07. The Morgan fingerprint density at radius 1 is 1.21 bits per heavy atom. The lowest BCUT2D eigenvalue weighted by atomic mass is 9.94. The lowest BCUT2D eigenvalue weighted by Crippen LogP contribution is -2.31. The lowest BCUT2D eigenvalue weighted by Gasteiger charge is -2.25. The minimum Gasteiger partial charge on any atom is -0.507 e. The second kappa shape index (κ2) is 8.99. The number of aromatic nitrogens is 2. The zero-order chi connectivity index (χ0) is 23.8. The van der Waals surface area contributed by atoms with Gasteiger partial charge in [-0.3, -0.25) is 9.59 Å². The van der Waals surface area contributed by atoms with E-state index in [1.807, 2.05) is 29.8 Å². The van der Waals surface area contributed by atoms with Gasteiger partial charge in [-0.25, -0.2) is 4.98 Å². The fourth-order valence-corrected chi connectivity index (χ4v) is 4.90. The number of halogens is 1. The maximum atomic E-state index is 13.2. The molecular formula is C26H24ClN3O4. The maximum absolute atomic E-state index is 13.2. The fraction of sp³-hybridized carbons (Fsp3) is 0.269. The third-order valence-electron chi connectivity index (χ3n) is 6.25. The lowest BCUT2D eigenvalue weighted by molar-refractivity contribution is -0.139. The molecule has 0 radical (unpaired) electrons. The van der Waals surface area contributed by atoms with Crippen LogP contribution in [0.3, 0.4) is 0 Å². The van der Waals surface area contributed by atoms with Gasteiger partial charge in [-0.1, -0.05) is 23.7 Å². The molecule has 7 nitrogen and oxygen atoms in total. The van der Waals surface area contributed by atoms with Gasteiger partial charge >= 0.3 is 0 Å². The zero-order valence-electron chi connectivity index (χ0n) is 18.6. The van der Waals surface area contributed by atoms with Crippen LogP contribution in [0.5, 0.6) is 5.75 Å². The molecule has 34 heavy (non-hydrogen) atoms. The molecule has 1 amide bonds. The molecule has 2 atom stereocenters. The van der Waals surface area contributed by atoms with Crippen LogP contribution in [-0.2, 0) is 22.6 Å². The van der Waals surface area contributed by atoms with Crippen LogP contribution in [0.25, 0.3) is 5.76 Å². The number of ketones is 1. The van der Waals surface area contributed by atoms with Gasteiger partial charge < -0.3 is 19.3 Å². The Balaban J connectivity index is 1.53. The van der Waals surface area contributed by atoms with Crippen LogP contribution < -0.4 is 4.74 Å². The number of carbonyl (C=O) groups is 2. The summed E-state index contributed by atoms with van der Waals surface area (Å²) >= 11 is 6.25. The molecule has 174 valence electrons. The Morgan fingerprint density at radius 3 is 2.82 bits per heavy atom. The summed E-state index contributed by atoms with van der Waals surface area (Å²) in [5.74, 6) is -0.747. The fourth-order valence-electron chi connectivity index (χ4n) is 4.70. The average molecular weight is 478 g/mol. The normalized spacial score (nSPS) is 21.1. The van der Waals surface area contributed by atoms with Crippen molar-refractivity contribution in [3.05, 3.63) is 88.5 Å². The quantitative estimate of drug-likeness (QED) is 0.324. The summed E-state index contributed by atoms with van der Waals surface area (Å²) in [5.41, 5.74) is 2.20. The first-order valence-corrected chi connectivity index (χ1v) is 11.6. The number of rotatable bonds is 6. The number of aliphatic hydroxyl groups excluding tert-OH is 1. The summed E-state index contributed by atoms with van der Waals surface area (Å²) in [6.07, 6.45) is 6.65. The summed E-state index contributed by atoms with van der Waals surface area (Å²) in [6.45, 7) is 2.97. The molecule has 1 fully saturated rings. The molecule has 5 rings (SSSR count). The highest BCUT2D eigenvalue weighted by molar-refractivity contribution is 6.46. The number of aliphatic hydroxyl groups is 1. The molecule has 8 heteroatoms. The van der Waals surface area contributed by atoms with E-state index in [4.69, 9.17) is 16.3 Å². The number of likely N-dealkylation sites (tertiary alicyclic amines) is 1. The van der Waals surface area contributed by atoms with Gasteiger partial charge in [0.1, 0.15) is 17.6 Å². The number of benzene rings is 2. The van der Waals surface area contributed by atoms with Crippen LogP contribution >= 0.6 is 11.6 Å². The number of hydrogen-bond donors (Lipinski definition) is 1. The number of aryl methyl sites for hydroxylation is 1. The molecule has 0 saturated carbocycles. The van der Waals surface area contributed by atoms with E-state index in [1.54, 1.807) is 42.9 Å². The van der Waals surface area contributed by atoms with Crippen molar-refractivity contribution in [3.8, 4) is 5.75 Å². The monoisotopic (exact) mass is 477 g/mol. The minimum atomic E-state index is -0.732. The average Bonchev–Trinajstić information content (AvgIpc) is 3.52. The van der Waals surface area contributed by atoms with Crippen LogP contribution in [0.4, 0.5) is 0 Å². The van der Waals surface area contributed by atoms with Gasteiger partial charge in [-0.15, -0.1) is 0 Å². The van der Waals surface area contributed by atoms with Gasteiger partial charge in [-0.05, 0) is 54.8 Å². The first-order chi connectivity index (χ1) is 16.4.